The normalized spacial score (nSPS) is 12.5. The van der Waals surface area contributed by atoms with Crippen LogP contribution < -0.4 is 10.1 Å². The molecule has 0 aliphatic carbocycles. The van der Waals surface area contributed by atoms with Crippen molar-refractivity contribution >= 4 is 0 Å². The number of likely N-dealkylation sites (N-methyl/N-ethyl adjacent to an activating group) is 1. The van der Waals surface area contributed by atoms with Crippen molar-refractivity contribution in [2.45, 2.75) is 19.9 Å². The van der Waals surface area contributed by atoms with Gasteiger partial charge in [0.2, 0.25) is 0 Å². The van der Waals surface area contributed by atoms with Crippen LogP contribution in [0, 0.1) is 12.7 Å². The van der Waals surface area contributed by atoms with Crippen LogP contribution in [-0.2, 0) is 0 Å². The second-order valence-electron chi connectivity index (χ2n) is 3.68. The highest BCUT2D eigenvalue weighted by Crippen LogP contribution is 2.18. The lowest BCUT2D eigenvalue weighted by Crippen LogP contribution is -2.37. The first-order valence-electron chi connectivity index (χ1n) is 5.40. The molecule has 0 saturated heterocycles. The van der Waals surface area contributed by atoms with Crippen molar-refractivity contribution in [3.8, 4) is 5.75 Å². The first-order chi connectivity index (χ1) is 7.67. The van der Waals surface area contributed by atoms with Crippen LogP contribution in [0.1, 0.15) is 12.5 Å². The van der Waals surface area contributed by atoms with E-state index in [4.69, 9.17) is 9.84 Å². The molecule has 0 aromatic heterocycles. The number of benzene rings is 1. The summed E-state index contributed by atoms with van der Waals surface area (Å²) in [6, 6.07) is 4.56. The summed E-state index contributed by atoms with van der Waals surface area (Å²) in [5.41, 5.74) is 0.945. The first kappa shape index (κ1) is 12.9. The third-order valence-electron chi connectivity index (χ3n) is 2.24. The molecule has 4 heteroatoms. The van der Waals surface area contributed by atoms with Gasteiger partial charge in [0.15, 0.2) is 11.6 Å². The molecule has 1 aromatic rings. The second-order valence-corrected chi connectivity index (χ2v) is 3.68. The zero-order chi connectivity index (χ0) is 12.0. The summed E-state index contributed by atoms with van der Waals surface area (Å²) >= 11 is 0. The van der Waals surface area contributed by atoms with Gasteiger partial charge in [-0.25, -0.2) is 4.39 Å². The molecule has 0 bridgehead atoms. The predicted octanol–water partition coefficient (Wildman–Crippen LogP) is 1.48. The van der Waals surface area contributed by atoms with Crippen LogP contribution >= 0.6 is 0 Å². The Morgan fingerprint density at radius 2 is 2.25 bits per heavy atom. The SMILES string of the molecule is CCNC(CO)COc1cc(C)ccc1F. The van der Waals surface area contributed by atoms with E-state index in [1.807, 2.05) is 13.8 Å². The standard InChI is InChI=1S/C12H18FNO2/c1-3-14-10(7-15)8-16-12-6-9(2)4-5-11(12)13/h4-6,10,14-15H,3,7-8H2,1-2H3. The maximum absolute atomic E-state index is 13.3. The Balaban J connectivity index is 2.55. The molecule has 0 heterocycles. The van der Waals surface area contributed by atoms with E-state index in [1.165, 1.54) is 6.07 Å². The lowest BCUT2D eigenvalue weighted by atomic mass is 10.2. The van der Waals surface area contributed by atoms with E-state index in [9.17, 15) is 4.39 Å². The number of hydrogen-bond acceptors (Lipinski definition) is 3. The van der Waals surface area contributed by atoms with Gasteiger partial charge in [0.1, 0.15) is 6.61 Å². The molecule has 2 N–H and O–H groups in total. The number of hydrogen-bond donors (Lipinski definition) is 2. The van der Waals surface area contributed by atoms with Gasteiger partial charge >= 0.3 is 0 Å². The average Bonchev–Trinajstić information content (AvgIpc) is 2.28. The molecular weight excluding hydrogens is 209 g/mol. The number of aryl methyl sites for hydroxylation is 1. The Labute approximate surface area is 95.2 Å². The molecule has 1 atom stereocenters. The topological polar surface area (TPSA) is 41.5 Å². The van der Waals surface area contributed by atoms with E-state index in [2.05, 4.69) is 5.32 Å². The van der Waals surface area contributed by atoms with Gasteiger partial charge < -0.3 is 15.2 Å². The minimum atomic E-state index is -0.376. The van der Waals surface area contributed by atoms with Gasteiger partial charge in [-0.1, -0.05) is 13.0 Å². The Kier molecular flexibility index (Phi) is 5.22. The van der Waals surface area contributed by atoms with Crippen molar-refractivity contribution < 1.29 is 14.2 Å². The summed E-state index contributed by atoms with van der Waals surface area (Å²) < 4.78 is 18.6. The number of nitrogens with one attached hydrogen (secondary N) is 1. The van der Waals surface area contributed by atoms with Crippen LogP contribution in [0.4, 0.5) is 4.39 Å². The zero-order valence-corrected chi connectivity index (χ0v) is 9.66. The molecule has 0 aliphatic heterocycles. The maximum atomic E-state index is 13.3. The minimum Gasteiger partial charge on any atom is -0.489 e. The van der Waals surface area contributed by atoms with Crippen molar-refractivity contribution in [3.05, 3.63) is 29.6 Å². The van der Waals surface area contributed by atoms with E-state index >= 15 is 0 Å². The summed E-state index contributed by atoms with van der Waals surface area (Å²) in [5.74, 6) is -0.143. The molecule has 0 amide bonds. The van der Waals surface area contributed by atoms with Gasteiger partial charge in [-0.2, -0.15) is 0 Å². The van der Waals surface area contributed by atoms with Crippen molar-refractivity contribution in [2.75, 3.05) is 19.8 Å². The lowest BCUT2D eigenvalue weighted by Gasteiger charge is -2.16. The van der Waals surface area contributed by atoms with Crippen LogP contribution in [0.25, 0.3) is 0 Å². The molecule has 0 saturated carbocycles. The number of halogens is 1. The zero-order valence-electron chi connectivity index (χ0n) is 9.66. The molecule has 0 radical (unpaired) electrons. The highest BCUT2D eigenvalue weighted by molar-refractivity contribution is 5.29. The number of ether oxygens (including phenoxy) is 1. The van der Waals surface area contributed by atoms with Gasteiger partial charge in [-0.3, -0.25) is 0 Å². The summed E-state index contributed by atoms with van der Waals surface area (Å²) in [7, 11) is 0. The van der Waals surface area contributed by atoms with E-state index in [0.717, 1.165) is 12.1 Å². The van der Waals surface area contributed by atoms with Crippen LogP contribution in [0.5, 0.6) is 5.75 Å². The third kappa shape index (κ3) is 3.79. The van der Waals surface area contributed by atoms with E-state index < -0.39 is 0 Å². The molecule has 1 unspecified atom stereocenters. The molecular formula is C12H18FNO2. The molecule has 1 aromatic carbocycles. The minimum absolute atomic E-state index is 0.0265. The number of aliphatic hydroxyl groups excluding tert-OH is 1. The number of rotatable bonds is 6. The van der Waals surface area contributed by atoms with Crippen LogP contribution in [0.3, 0.4) is 0 Å². The highest BCUT2D eigenvalue weighted by atomic mass is 19.1. The van der Waals surface area contributed by atoms with Crippen LogP contribution in [0.15, 0.2) is 18.2 Å². The van der Waals surface area contributed by atoms with Gasteiger partial charge in [0, 0.05) is 0 Å². The summed E-state index contributed by atoms with van der Waals surface area (Å²) in [4.78, 5) is 0. The smallest absolute Gasteiger partial charge is 0.165 e. The Morgan fingerprint density at radius 1 is 1.50 bits per heavy atom. The quantitative estimate of drug-likeness (QED) is 0.773. The van der Waals surface area contributed by atoms with Gasteiger partial charge in [-0.15, -0.1) is 0 Å². The fraction of sp³-hybridized carbons (Fsp3) is 0.500. The lowest BCUT2D eigenvalue weighted by molar-refractivity contribution is 0.181. The van der Waals surface area contributed by atoms with Gasteiger partial charge in [0.25, 0.3) is 0 Å². The van der Waals surface area contributed by atoms with Crippen molar-refractivity contribution in [3.63, 3.8) is 0 Å². The Bertz CT molecular complexity index is 331. The molecule has 16 heavy (non-hydrogen) atoms. The van der Waals surface area contributed by atoms with Crippen LogP contribution in [-0.4, -0.2) is 30.9 Å². The van der Waals surface area contributed by atoms with Crippen LogP contribution in [0.2, 0.25) is 0 Å². The molecule has 0 fully saturated rings. The molecule has 0 spiro atoms. The predicted molar refractivity (Wildman–Crippen MR) is 61.2 cm³/mol. The van der Waals surface area contributed by atoms with E-state index in [0.29, 0.717) is 0 Å². The van der Waals surface area contributed by atoms with Gasteiger partial charge in [-0.05, 0) is 31.2 Å². The highest BCUT2D eigenvalue weighted by Gasteiger charge is 2.09. The summed E-state index contributed by atoms with van der Waals surface area (Å²) in [5, 5.41) is 12.1. The van der Waals surface area contributed by atoms with Crippen molar-refractivity contribution in [1.82, 2.24) is 5.32 Å². The summed E-state index contributed by atoms with van der Waals surface area (Å²) in [6.45, 7) is 4.78. The van der Waals surface area contributed by atoms with Gasteiger partial charge in [0.05, 0.1) is 12.6 Å². The molecule has 90 valence electrons. The monoisotopic (exact) mass is 227 g/mol. The van der Waals surface area contributed by atoms with E-state index in [-0.39, 0.29) is 30.8 Å². The fourth-order valence-electron chi connectivity index (χ4n) is 1.38. The Morgan fingerprint density at radius 3 is 2.88 bits per heavy atom. The summed E-state index contributed by atoms with van der Waals surface area (Å²) in [6.07, 6.45) is 0. The third-order valence-corrected chi connectivity index (χ3v) is 2.24. The fourth-order valence-corrected chi connectivity index (χ4v) is 1.38. The maximum Gasteiger partial charge on any atom is 0.165 e. The largest absolute Gasteiger partial charge is 0.489 e. The molecule has 3 nitrogen and oxygen atoms in total. The first-order valence-corrected chi connectivity index (χ1v) is 5.40. The second kappa shape index (κ2) is 6.45. The Hall–Kier alpha value is -1.13. The van der Waals surface area contributed by atoms with Crippen molar-refractivity contribution in [2.24, 2.45) is 0 Å². The van der Waals surface area contributed by atoms with Crippen molar-refractivity contribution in [1.29, 1.82) is 0 Å². The number of aliphatic hydroxyl groups is 1. The van der Waals surface area contributed by atoms with E-state index in [1.54, 1.807) is 12.1 Å². The average molecular weight is 227 g/mol. The molecule has 1 rings (SSSR count). The molecule has 0 aliphatic rings.